The van der Waals surface area contributed by atoms with Crippen molar-refractivity contribution in [2.45, 2.75) is 49.0 Å². The summed E-state index contributed by atoms with van der Waals surface area (Å²) in [6.07, 6.45) is 10.5. The second-order valence-electron chi connectivity index (χ2n) is 7.95. The SMILES string of the molecule is CCC(=Cc1sc2c([n+]1CC)[Te]C(C)C=C2)C=C1Sc2ccccc2N1CCCS(=O)(=O)O. The molecule has 0 amide bonds. The first kappa shape index (κ1) is 25.0. The number of nitrogens with zero attached hydrogens (tertiary/aromatic N) is 2. The van der Waals surface area contributed by atoms with E-state index in [-0.39, 0.29) is 26.7 Å². The molecule has 1 atom stereocenters. The minimum Gasteiger partial charge on any atom is -0.286 e. The quantitative estimate of drug-likeness (QED) is 0.264. The van der Waals surface area contributed by atoms with E-state index in [9.17, 15) is 8.42 Å². The van der Waals surface area contributed by atoms with E-state index in [1.807, 2.05) is 23.5 Å². The van der Waals surface area contributed by atoms with E-state index in [4.69, 9.17) is 4.55 Å². The van der Waals surface area contributed by atoms with Crippen LogP contribution in [0.1, 0.15) is 43.5 Å². The monoisotopic (exact) mass is 619 g/mol. The third-order valence-electron chi connectivity index (χ3n) is 5.52. The van der Waals surface area contributed by atoms with E-state index in [0.29, 0.717) is 16.9 Å². The third-order valence-corrected chi connectivity index (χ3v) is 12.3. The number of para-hydroxylation sites is 1. The Balaban J connectivity index is 1.65. The molecule has 2 aliphatic heterocycles. The summed E-state index contributed by atoms with van der Waals surface area (Å²) in [5.41, 5.74) is 2.35. The molecule has 1 aromatic heterocycles. The number of aromatic nitrogens is 1. The van der Waals surface area contributed by atoms with Gasteiger partial charge in [-0.3, -0.25) is 4.55 Å². The van der Waals surface area contributed by atoms with Gasteiger partial charge in [0.2, 0.25) is 0 Å². The minimum atomic E-state index is -3.96. The first-order valence-corrected chi connectivity index (χ1v) is 16.9. The molecule has 33 heavy (non-hydrogen) atoms. The van der Waals surface area contributed by atoms with Crippen molar-refractivity contribution >= 4 is 75.7 Å². The van der Waals surface area contributed by atoms with E-state index >= 15 is 0 Å². The van der Waals surface area contributed by atoms with Crippen LogP contribution in [0.15, 0.2) is 51.9 Å². The summed E-state index contributed by atoms with van der Waals surface area (Å²) >= 11 is 3.39. The zero-order valence-corrected chi connectivity index (χ0v) is 23.8. The number of allylic oxidation sites excluding steroid dienone is 3. The van der Waals surface area contributed by atoms with Gasteiger partial charge in [-0.25, -0.2) is 0 Å². The number of thioether (sulfide) groups is 1. The minimum absolute atomic E-state index is 0.215. The van der Waals surface area contributed by atoms with Crippen LogP contribution < -0.4 is 13.2 Å². The van der Waals surface area contributed by atoms with E-state index < -0.39 is 10.1 Å². The van der Waals surface area contributed by atoms with Crippen LogP contribution in [-0.2, 0) is 16.7 Å². The van der Waals surface area contributed by atoms with Crippen molar-refractivity contribution in [3.63, 3.8) is 0 Å². The molecule has 1 unspecified atom stereocenters. The summed E-state index contributed by atoms with van der Waals surface area (Å²) < 4.78 is 36.4. The Hall–Kier alpha value is -1.08. The van der Waals surface area contributed by atoms with Crippen molar-refractivity contribution in [2.24, 2.45) is 0 Å². The van der Waals surface area contributed by atoms with Crippen molar-refractivity contribution in [2.75, 3.05) is 17.2 Å². The van der Waals surface area contributed by atoms with Gasteiger partial charge in [0.15, 0.2) is 0 Å². The van der Waals surface area contributed by atoms with E-state index in [1.165, 1.54) is 20.4 Å². The average Bonchev–Trinajstić information content (AvgIpc) is 3.29. The molecule has 0 spiro atoms. The number of benzene rings is 1. The summed E-state index contributed by atoms with van der Waals surface area (Å²) in [7, 11) is -3.96. The molecule has 0 saturated carbocycles. The van der Waals surface area contributed by atoms with Crippen LogP contribution in [0.25, 0.3) is 12.2 Å². The number of anilines is 1. The normalized spacial score (nSPS) is 19.3. The second kappa shape index (κ2) is 10.7. The fraction of sp³-hybridized carbons (Fsp3) is 0.375. The number of thiazole rings is 1. The van der Waals surface area contributed by atoms with Crippen molar-refractivity contribution in [3.8, 4) is 0 Å². The molecule has 3 heterocycles. The molecular weight excluding hydrogens is 588 g/mol. The molecule has 0 aliphatic carbocycles. The summed E-state index contributed by atoms with van der Waals surface area (Å²) in [6, 6.07) is 8.21. The van der Waals surface area contributed by atoms with E-state index in [0.717, 1.165) is 23.7 Å². The standard InChI is InChI=1S/C24H28N2O3S3Te/c1-4-18(15-22-25(5-2)24-21(31-22)12-11-17(3)33-24)16-23-26(13-8-14-32(27,28)29)19-9-6-7-10-20(19)30-23/h6-7,9-12,15-17H,4-5,8,13-14H2,1-3H3/p+1. The van der Waals surface area contributed by atoms with Gasteiger partial charge in [0.1, 0.15) is 0 Å². The summed E-state index contributed by atoms with van der Waals surface area (Å²) in [5, 5.41) is 2.41. The zero-order valence-electron chi connectivity index (χ0n) is 19.0. The Labute approximate surface area is 215 Å². The first-order valence-electron chi connectivity index (χ1n) is 11.1. The van der Waals surface area contributed by atoms with Gasteiger partial charge >= 0.3 is 203 Å². The number of hydrogen-bond donors (Lipinski definition) is 1. The van der Waals surface area contributed by atoms with E-state index in [2.05, 4.69) is 66.7 Å². The fourth-order valence-corrected chi connectivity index (χ4v) is 10.5. The Morgan fingerprint density at radius 2 is 2.09 bits per heavy atom. The maximum atomic E-state index is 11.2. The van der Waals surface area contributed by atoms with Crippen molar-refractivity contribution < 1.29 is 17.5 Å². The molecule has 0 fully saturated rings. The second-order valence-corrected chi connectivity index (χ2v) is 15.5. The predicted molar refractivity (Wildman–Crippen MR) is 141 cm³/mol. The Kier molecular flexibility index (Phi) is 8.10. The summed E-state index contributed by atoms with van der Waals surface area (Å²) in [4.78, 5) is 4.77. The Morgan fingerprint density at radius 1 is 1.30 bits per heavy atom. The van der Waals surface area contributed by atoms with Crippen LogP contribution in [0.3, 0.4) is 0 Å². The van der Waals surface area contributed by atoms with Crippen LogP contribution in [-0.4, -0.2) is 46.2 Å². The van der Waals surface area contributed by atoms with Crippen LogP contribution in [0, 0.1) is 0 Å². The first-order chi connectivity index (χ1) is 15.8. The van der Waals surface area contributed by atoms with Crippen molar-refractivity contribution in [3.05, 3.63) is 56.9 Å². The van der Waals surface area contributed by atoms with Gasteiger partial charge in [0, 0.05) is 0 Å². The molecule has 2 aliphatic rings. The Morgan fingerprint density at radius 3 is 2.82 bits per heavy atom. The number of hydrogen-bond acceptors (Lipinski definition) is 5. The van der Waals surface area contributed by atoms with E-state index in [1.54, 1.807) is 15.5 Å². The molecule has 0 saturated heterocycles. The third kappa shape index (κ3) is 5.95. The van der Waals surface area contributed by atoms with Crippen molar-refractivity contribution in [1.82, 2.24) is 0 Å². The molecule has 4 rings (SSSR count). The van der Waals surface area contributed by atoms with Gasteiger partial charge in [0.05, 0.1) is 0 Å². The van der Waals surface area contributed by atoms with Gasteiger partial charge < -0.3 is 0 Å². The Bertz CT molecular complexity index is 1230. The topological polar surface area (TPSA) is 61.5 Å². The molecular formula is C24H29N2O3S3Te+. The smallest absolute Gasteiger partial charge is 0.286 e. The van der Waals surface area contributed by atoms with Gasteiger partial charge in [0.25, 0.3) is 0 Å². The number of fused-ring (bicyclic) bond motifs is 2. The van der Waals surface area contributed by atoms with Crippen LogP contribution >= 0.6 is 23.1 Å². The van der Waals surface area contributed by atoms with Crippen LogP contribution in [0.5, 0.6) is 0 Å². The van der Waals surface area contributed by atoms with Gasteiger partial charge in [-0.2, -0.15) is 8.42 Å². The fourth-order valence-electron chi connectivity index (χ4n) is 3.88. The van der Waals surface area contributed by atoms with Gasteiger partial charge in [-0.15, -0.1) is 0 Å². The summed E-state index contributed by atoms with van der Waals surface area (Å²) in [6.45, 7) is 8.26. The van der Waals surface area contributed by atoms with Crippen LogP contribution in [0.4, 0.5) is 5.69 Å². The molecule has 176 valence electrons. The van der Waals surface area contributed by atoms with Gasteiger partial charge in [-0.1, -0.05) is 0 Å². The zero-order chi connectivity index (χ0) is 23.6. The molecule has 0 radical (unpaired) electrons. The molecule has 5 nitrogen and oxygen atoms in total. The maximum absolute atomic E-state index is 11.2. The molecule has 1 N–H and O–H groups in total. The average molecular weight is 617 g/mol. The molecule has 0 bridgehead atoms. The molecule has 1 aromatic carbocycles. The van der Waals surface area contributed by atoms with Crippen LogP contribution in [0.2, 0.25) is 3.97 Å². The van der Waals surface area contributed by atoms with Gasteiger partial charge in [-0.05, 0) is 0 Å². The molecule has 9 heteroatoms. The molecule has 2 aromatic rings. The summed E-state index contributed by atoms with van der Waals surface area (Å²) in [5.74, 6) is -0.229. The van der Waals surface area contributed by atoms with Crippen molar-refractivity contribution in [1.29, 1.82) is 0 Å². The number of rotatable bonds is 8. The predicted octanol–water partition coefficient (Wildman–Crippen LogP) is 4.75.